The Morgan fingerprint density at radius 2 is 1.61 bits per heavy atom. The summed E-state index contributed by atoms with van der Waals surface area (Å²) in [6.07, 6.45) is 4.37. The topological polar surface area (TPSA) is 175 Å². The van der Waals surface area contributed by atoms with Crippen LogP contribution >= 0.6 is 0 Å². The maximum absolute atomic E-state index is 14.7. The molecular formula is C36H51N6O7+. The normalized spacial score (nSPS) is 30.1. The fourth-order valence-corrected chi connectivity index (χ4v) is 9.07. The van der Waals surface area contributed by atoms with Crippen LogP contribution in [0.3, 0.4) is 0 Å². The maximum Gasteiger partial charge on any atom is 0.338 e. The summed E-state index contributed by atoms with van der Waals surface area (Å²) in [7, 11) is 0. The Labute approximate surface area is 286 Å². The Bertz CT molecular complexity index is 1640. The Morgan fingerprint density at radius 1 is 0.939 bits per heavy atom. The van der Waals surface area contributed by atoms with Gasteiger partial charge in [0, 0.05) is 31.5 Å². The molecule has 5 aliphatic rings. The number of nitrogens with zero attached hydrogens (tertiary/aromatic N) is 2. The lowest BCUT2D eigenvalue weighted by molar-refractivity contribution is -0.760. The first-order valence-electron chi connectivity index (χ1n) is 17.8. The largest absolute Gasteiger partial charge is 0.347 e. The minimum atomic E-state index is -1.06. The molecule has 0 bridgehead atoms. The lowest BCUT2D eigenvalue weighted by atomic mass is 9.78. The highest BCUT2D eigenvalue weighted by Gasteiger charge is 2.88. The third-order valence-electron chi connectivity index (χ3n) is 11.5. The van der Waals surface area contributed by atoms with Gasteiger partial charge in [-0.25, -0.2) is 9.28 Å². The van der Waals surface area contributed by atoms with Gasteiger partial charge in [0.05, 0.1) is 5.92 Å². The van der Waals surface area contributed by atoms with E-state index >= 15 is 0 Å². The van der Waals surface area contributed by atoms with Crippen molar-refractivity contribution in [3.05, 3.63) is 34.2 Å². The molecular weight excluding hydrogens is 628 g/mol. The highest BCUT2D eigenvalue weighted by Crippen LogP contribution is 2.65. The third-order valence-corrected chi connectivity index (χ3v) is 11.5. The number of rotatable bonds is 11. The minimum Gasteiger partial charge on any atom is -0.347 e. The van der Waals surface area contributed by atoms with Gasteiger partial charge in [0.25, 0.3) is 17.6 Å². The zero-order valence-corrected chi connectivity index (χ0v) is 29.6. The Hall–Kier alpha value is -3.87. The van der Waals surface area contributed by atoms with Crippen LogP contribution in [0.1, 0.15) is 97.5 Å². The van der Waals surface area contributed by atoms with E-state index in [4.69, 9.17) is 0 Å². The van der Waals surface area contributed by atoms with Gasteiger partial charge in [-0.2, -0.15) is 0 Å². The second kappa shape index (κ2) is 12.2. The molecule has 5 fully saturated rings. The lowest BCUT2D eigenvalue weighted by Gasteiger charge is -2.38. The molecule has 49 heavy (non-hydrogen) atoms. The number of hydrogen-bond acceptors (Lipinski definition) is 7. The first-order valence-corrected chi connectivity index (χ1v) is 17.8. The average Bonchev–Trinajstić information content (AvgIpc) is 3.90. The number of quaternary nitrogens is 1. The van der Waals surface area contributed by atoms with Crippen LogP contribution in [0.4, 0.5) is 0 Å². The molecule has 5 unspecified atom stereocenters. The highest BCUT2D eigenvalue weighted by molar-refractivity contribution is 6.38. The SMILES string of the molecule is CCC[C@@H](C(=O)C(=O)NC1CC1)[N+]12C(=O)[C@@H]3C4C(CCC1C42)CN3C(=O)[C@@H](NC(=O)[C@@H](NC(=O)c1cccc(=O)[nH]1)C(C)(C)C)C(C)(C)C. The van der Waals surface area contributed by atoms with E-state index in [1.165, 1.54) is 18.2 Å². The number of ketones is 1. The van der Waals surface area contributed by atoms with E-state index in [0.29, 0.717) is 19.4 Å². The second-order valence-corrected chi connectivity index (χ2v) is 17.0. The molecule has 3 aliphatic heterocycles. The number of piperidine rings is 1. The molecule has 4 N–H and O–H groups in total. The number of carbonyl (C=O) groups excluding carboxylic acids is 6. The fraction of sp³-hybridized carbons (Fsp3) is 0.694. The molecule has 2 aliphatic carbocycles. The molecule has 1 aromatic heterocycles. The standard InChI is InChI=1S/C36H50N6O7/c1-8-10-22(27(44)31(46)37-19-14-15-19)42-21-16-13-18-17-41(25(34(42)49)24(18)26(21)42)33(48)29(36(5,6)7)40-32(47)28(35(2,3)4)39-30(45)20-11-9-12-23(43)38-20/h9,11-12,18-19,21-22,24-26,28-29H,8,10,13-17H2,1-7H3,(H3-,37,38,39,40,43,45,46,47)/p+1/t18?,21?,22-,24?,25-,26?,28+,29+,42?/m0/s1. The molecule has 0 aromatic carbocycles. The van der Waals surface area contributed by atoms with Gasteiger partial charge in [-0.3, -0.25) is 28.8 Å². The van der Waals surface area contributed by atoms with Gasteiger partial charge in [-0.15, -0.1) is 0 Å². The predicted octanol–water partition coefficient (Wildman–Crippen LogP) is 1.41. The summed E-state index contributed by atoms with van der Waals surface area (Å²) in [6, 6.07) is 0.523. The smallest absolute Gasteiger partial charge is 0.338 e. The minimum absolute atomic E-state index is 0.00576. The quantitative estimate of drug-likeness (QED) is 0.155. The zero-order valence-electron chi connectivity index (χ0n) is 29.6. The van der Waals surface area contributed by atoms with Gasteiger partial charge in [-0.1, -0.05) is 61.0 Å². The Morgan fingerprint density at radius 3 is 2.20 bits per heavy atom. The predicted molar refractivity (Wildman–Crippen MR) is 179 cm³/mol. The molecule has 5 amide bonds. The maximum atomic E-state index is 14.7. The van der Waals surface area contributed by atoms with E-state index < -0.39 is 64.1 Å². The van der Waals surface area contributed by atoms with E-state index in [9.17, 15) is 33.6 Å². The van der Waals surface area contributed by atoms with Crippen LogP contribution in [0.5, 0.6) is 0 Å². The molecule has 266 valence electrons. The highest BCUT2D eigenvalue weighted by atomic mass is 16.2. The summed E-state index contributed by atoms with van der Waals surface area (Å²) in [5.74, 6) is -2.87. The van der Waals surface area contributed by atoms with Crippen LogP contribution in [0.25, 0.3) is 0 Å². The van der Waals surface area contributed by atoms with E-state index in [0.717, 1.165) is 25.7 Å². The van der Waals surface area contributed by atoms with Crippen LogP contribution in [0.2, 0.25) is 0 Å². The molecule has 13 nitrogen and oxygen atoms in total. The van der Waals surface area contributed by atoms with Crippen LogP contribution in [0.15, 0.2) is 23.0 Å². The third kappa shape index (κ3) is 5.91. The van der Waals surface area contributed by atoms with E-state index in [2.05, 4.69) is 20.9 Å². The number of likely N-dealkylation sites (tertiary alicyclic amines) is 1. The number of nitrogens with one attached hydrogen (secondary N) is 4. The summed E-state index contributed by atoms with van der Waals surface area (Å²) in [5, 5.41) is 8.50. The number of aromatic amines is 1. The molecule has 0 spiro atoms. The average molecular weight is 680 g/mol. The van der Waals surface area contributed by atoms with E-state index in [1.54, 1.807) is 25.7 Å². The molecule has 4 heterocycles. The number of pyridine rings is 1. The van der Waals surface area contributed by atoms with Crippen molar-refractivity contribution in [2.45, 2.75) is 129 Å². The zero-order chi connectivity index (χ0) is 35.8. The van der Waals surface area contributed by atoms with Crippen molar-refractivity contribution >= 4 is 35.3 Å². The summed E-state index contributed by atoms with van der Waals surface area (Å²) >= 11 is 0. The van der Waals surface area contributed by atoms with Crippen LogP contribution in [-0.4, -0.2) is 98.5 Å². The van der Waals surface area contributed by atoms with Gasteiger partial charge in [-0.05, 0) is 42.1 Å². The van der Waals surface area contributed by atoms with Crippen LogP contribution < -0.4 is 21.5 Å². The number of carbonyl (C=O) groups is 6. The molecule has 0 radical (unpaired) electrons. The van der Waals surface area contributed by atoms with Crippen molar-refractivity contribution in [1.29, 1.82) is 0 Å². The molecule has 9 atom stereocenters. The number of hydrogen-bond donors (Lipinski definition) is 4. The molecule has 13 heteroatoms. The summed E-state index contributed by atoms with van der Waals surface area (Å²) < 4.78 is -0.0212. The number of amides is 5. The first-order chi connectivity index (χ1) is 22.9. The monoisotopic (exact) mass is 679 g/mol. The summed E-state index contributed by atoms with van der Waals surface area (Å²) in [5.41, 5.74) is -1.98. The molecule has 3 saturated heterocycles. The van der Waals surface area contributed by atoms with Gasteiger partial charge in [0.2, 0.25) is 17.4 Å². The number of aromatic nitrogens is 1. The summed E-state index contributed by atoms with van der Waals surface area (Å²) in [6.45, 7) is 13.2. The van der Waals surface area contributed by atoms with Crippen molar-refractivity contribution in [1.82, 2.24) is 25.8 Å². The van der Waals surface area contributed by atoms with E-state index in [-0.39, 0.29) is 52.0 Å². The van der Waals surface area contributed by atoms with E-state index in [1.807, 2.05) is 27.7 Å². The van der Waals surface area contributed by atoms with Gasteiger partial charge < -0.3 is 25.8 Å². The van der Waals surface area contributed by atoms with Crippen molar-refractivity contribution < 1.29 is 33.3 Å². The van der Waals surface area contributed by atoms with Crippen molar-refractivity contribution in [2.75, 3.05) is 6.54 Å². The molecule has 6 rings (SSSR count). The van der Waals surface area contributed by atoms with Crippen molar-refractivity contribution in [3.63, 3.8) is 0 Å². The van der Waals surface area contributed by atoms with Gasteiger partial charge in [0.15, 0.2) is 24.2 Å². The van der Waals surface area contributed by atoms with Crippen LogP contribution in [-0.2, 0) is 24.0 Å². The van der Waals surface area contributed by atoms with Crippen LogP contribution in [0, 0.1) is 22.7 Å². The van der Waals surface area contributed by atoms with Crippen molar-refractivity contribution in [2.24, 2.45) is 22.7 Å². The fourth-order valence-electron chi connectivity index (χ4n) is 9.07. The summed E-state index contributed by atoms with van der Waals surface area (Å²) in [4.78, 5) is 99.1. The lowest BCUT2D eigenvalue weighted by Crippen LogP contribution is -2.63. The van der Waals surface area contributed by atoms with Gasteiger partial charge in [0.1, 0.15) is 17.8 Å². The van der Waals surface area contributed by atoms with Gasteiger partial charge >= 0.3 is 5.91 Å². The Balaban J connectivity index is 1.25. The molecule has 2 saturated carbocycles. The first kappa shape index (κ1) is 35.0. The number of fused-ring (bicyclic) bond motifs is 1. The Kier molecular flexibility index (Phi) is 8.69. The second-order valence-electron chi connectivity index (χ2n) is 17.0. The number of H-pyrrole nitrogens is 1. The number of Topliss-reactive ketones (excluding diaryl/α,β-unsaturated/α-hetero) is 1. The van der Waals surface area contributed by atoms with Crippen molar-refractivity contribution in [3.8, 4) is 0 Å². The molecule has 1 aromatic rings.